The van der Waals surface area contributed by atoms with E-state index in [0.29, 0.717) is 5.76 Å². The van der Waals surface area contributed by atoms with E-state index in [2.05, 4.69) is 115 Å². The van der Waals surface area contributed by atoms with E-state index in [-0.39, 0.29) is 0 Å². The van der Waals surface area contributed by atoms with E-state index in [1.807, 2.05) is 18.3 Å². The Labute approximate surface area is 232 Å². The van der Waals surface area contributed by atoms with Gasteiger partial charge in [-0.2, -0.15) is 0 Å². The minimum Gasteiger partial charge on any atom is -0.508 e. The Hall–Kier alpha value is -4.34. The number of rotatable bonds is 3. The van der Waals surface area contributed by atoms with Gasteiger partial charge < -0.3 is 9.67 Å². The monoisotopic (exact) mass is 525 g/mol. The Balaban J connectivity index is 0.000000305. The predicted molar refractivity (Wildman–Crippen MR) is 172 cm³/mol. The fourth-order valence-corrected chi connectivity index (χ4v) is 6.69. The van der Waals surface area contributed by atoms with Gasteiger partial charge in [-0.15, -0.1) is 11.3 Å². The molecule has 2 aromatic heterocycles. The molecule has 0 atom stereocenters. The highest BCUT2D eigenvalue weighted by Gasteiger charge is 2.16. The van der Waals surface area contributed by atoms with Crippen LogP contribution in [0.1, 0.15) is 20.3 Å². The van der Waals surface area contributed by atoms with Crippen LogP contribution in [-0.2, 0) is 7.05 Å². The number of aromatic nitrogens is 1. The maximum absolute atomic E-state index is 8.89. The largest absolute Gasteiger partial charge is 0.508 e. The molecule has 0 unspecified atom stereocenters. The van der Waals surface area contributed by atoms with Crippen molar-refractivity contribution in [2.45, 2.75) is 20.3 Å². The van der Waals surface area contributed by atoms with Crippen molar-refractivity contribution < 1.29 is 5.11 Å². The summed E-state index contributed by atoms with van der Waals surface area (Å²) < 4.78 is 5.06. The molecule has 5 aromatic carbocycles. The number of thiophene rings is 1. The number of para-hydroxylation sites is 1. The van der Waals surface area contributed by atoms with Gasteiger partial charge in [0.25, 0.3) is 0 Å². The molecule has 0 saturated carbocycles. The first-order valence-electron chi connectivity index (χ1n) is 13.3. The number of aryl methyl sites for hydroxylation is 1. The van der Waals surface area contributed by atoms with Crippen LogP contribution in [0.3, 0.4) is 0 Å². The number of nitrogens with zero attached hydrogens (tertiary/aromatic N) is 1. The molecule has 0 aliphatic carbocycles. The molecule has 0 aliphatic rings. The first kappa shape index (κ1) is 25.0. The summed E-state index contributed by atoms with van der Waals surface area (Å²) in [4.78, 5) is 0. The molecular weight excluding hydrogens is 494 g/mol. The standard InChI is InChI=1S/C29H19NS.C7H12O/c1-30-25-16-14-18-7-2-3-8-20(18)28(25)24-11-6-10-21(29(24)30)19-13-15-23-22-9-4-5-12-26(22)31-27(23)17-19;1-4-5-7(8)6(2)3/h2-17H,1H3;5,8H,2,4H2,1,3H3/b;7-5+. The molecule has 0 amide bonds. The lowest BCUT2D eigenvalue weighted by atomic mass is 9.99. The van der Waals surface area contributed by atoms with E-state index in [1.165, 1.54) is 63.9 Å². The summed E-state index contributed by atoms with van der Waals surface area (Å²) in [5, 5.41) is 16.9. The Morgan fingerprint density at radius 2 is 1.54 bits per heavy atom. The molecule has 0 fully saturated rings. The van der Waals surface area contributed by atoms with Crippen LogP contribution in [0.5, 0.6) is 0 Å². The van der Waals surface area contributed by atoms with Crippen molar-refractivity contribution in [3.05, 3.63) is 121 Å². The maximum atomic E-state index is 8.89. The van der Waals surface area contributed by atoms with Crippen molar-refractivity contribution >= 4 is 64.1 Å². The molecule has 39 heavy (non-hydrogen) atoms. The third kappa shape index (κ3) is 4.29. The first-order valence-corrected chi connectivity index (χ1v) is 14.1. The van der Waals surface area contributed by atoms with E-state index >= 15 is 0 Å². The average molecular weight is 526 g/mol. The zero-order valence-corrected chi connectivity index (χ0v) is 23.3. The van der Waals surface area contributed by atoms with Crippen molar-refractivity contribution in [2.24, 2.45) is 7.05 Å². The van der Waals surface area contributed by atoms with Gasteiger partial charge in [0.1, 0.15) is 5.76 Å². The number of fused-ring (bicyclic) bond motifs is 8. The van der Waals surface area contributed by atoms with Crippen molar-refractivity contribution in [1.82, 2.24) is 4.57 Å². The fraction of sp³-hybridized carbons (Fsp3) is 0.111. The molecular formula is C36H31NOS. The molecule has 2 nitrogen and oxygen atoms in total. The highest BCUT2D eigenvalue weighted by molar-refractivity contribution is 7.25. The molecule has 0 spiro atoms. The summed E-state index contributed by atoms with van der Waals surface area (Å²) in [5.41, 5.74) is 5.88. The SMILES string of the molecule is C=C(C)/C(O)=C\CC.Cn1c2ccc3ccccc3c2c2cccc(-c3ccc4c(c3)sc3ccccc34)c21. The van der Waals surface area contributed by atoms with Gasteiger partial charge in [0, 0.05) is 49.1 Å². The topological polar surface area (TPSA) is 25.2 Å². The highest BCUT2D eigenvalue weighted by Crippen LogP contribution is 2.41. The van der Waals surface area contributed by atoms with E-state index in [0.717, 1.165) is 12.0 Å². The maximum Gasteiger partial charge on any atom is 0.113 e. The second-order valence-corrected chi connectivity index (χ2v) is 11.1. The fourth-order valence-electron chi connectivity index (χ4n) is 5.54. The van der Waals surface area contributed by atoms with Crippen LogP contribution in [0.4, 0.5) is 0 Å². The van der Waals surface area contributed by atoms with E-state index in [4.69, 9.17) is 5.11 Å². The normalized spacial score (nSPS) is 11.9. The van der Waals surface area contributed by atoms with Gasteiger partial charge in [0.2, 0.25) is 0 Å². The van der Waals surface area contributed by atoms with Crippen LogP contribution in [-0.4, -0.2) is 9.67 Å². The lowest BCUT2D eigenvalue weighted by molar-refractivity contribution is 0.421. The number of hydrogen-bond donors (Lipinski definition) is 1. The van der Waals surface area contributed by atoms with E-state index in [9.17, 15) is 0 Å². The zero-order valence-electron chi connectivity index (χ0n) is 22.5. The summed E-state index contributed by atoms with van der Waals surface area (Å²) in [5.74, 6) is 0.313. The number of hydrogen-bond acceptors (Lipinski definition) is 2. The van der Waals surface area contributed by atoms with Crippen LogP contribution in [0.25, 0.3) is 63.9 Å². The smallest absolute Gasteiger partial charge is 0.113 e. The summed E-state index contributed by atoms with van der Waals surface area (Å²) in [6, 6.07) is 35.6. The summed E-state index contributed by atoms with van der Waals surface area (Å²) in [7, 11) is 2.20. The molecule has 2 heterocycles. The minimum absolute atomic E-state index is 0.313. The molecule has 7 aromatic rings. The Kier molecular flexibility index (Phi) is 6.46. The highest BCUT2D eigenvalue weighted by atomic mass is 32.1. The lowest BCUT2D eigenvalue weighted by Gasteiger charge is -2.07. The molecule has 7 rings (SSSR count). The number of aliphatic hydroxyl groups is 1. The Bertz CT molecular complexity index is 2050. The minimum atomic E-state index is 0.313. The quantitative estimate of drug-likeness (QED) is 0.180. The van der Waals surface area contributed by atoms with Crippen molar-refractivity contribution in [3.63, 3.8) is 0 Å². The zero-order chi connectivity index (χ0) is 27.1. The predicted octanol–water partition coefficient (Wildman–Crippen LogP) is 10.9. The summed E-state index contributed by atoms with van der Waals surface area (Å²) in [6.07, 6.45) is 2.60. The van der Waals surface area contributed by atoms with Gasteiger partial charge in [0.05, 0.1) is 5.52 Å². The van der Waals surface area contributed by atoms with E-state index < -0.39 is 0 Å². The van der Waals surface area contributed by atoms with E-state index in [1.54, 1.807) is 13.0 Å². The molecule has 1 N–H and O–H groups in total. The molecule has 0 aliphatic heterocycles. The van der Waals surface area contributed by atoms with Gasteiger partial charge in [0.15, 0.2) is 0 Å². The third-order valence-electron chi connectivity index (χ3n) is 7.43. The Morgan fingerprint density at radius 1 is 0.821 bits per heavy atom. The molecule has 192 valence electrons. The van der Waals surface area contributed by atoms with Crippen LogP contribution in [0.15, 0.2) is 121 Å². The van der Waals surface area contributed by atoms with Gasteiger partial charge in [-0.25, -0.2) is 0 Å². The van der Waals surface area contributed by atoms with Crippen LogP contribution < -0.4 is 0 Å². The Morgan fingerprint density at radius 3 is 2.31 bits per heavy atom. The lowest BCUT2D eigenvalue weighted by Crippen LogP contribution is -1.89. The van der Waals surface area contributed by atoms with Gasteiger partial charge >= 0.3 is 0 Å². The molecule has 0 saturated heterocycles. The van der Waals surface area contributed by atoms with Crippen molar-refractivity contribution in [1.29, 1.82) is 0 Å². The van der Waals surface area contributed by atoms with Crippen LogP contribution in [0.2, 0.25) is 0 Å². The second kappa shape index (κ2) is 10.1. The first-order chi connectivity index (χ1) is 19.0. The van der Waals surface area contributed by atoms with Gasteiger partial charge in [-0.3, -0.25) is 0 Å². The molecule has 3 heteroatoms. The van der Waals surface area contributed by atoms with Crippen LogP contribution in [0, 0.1) is 0 Å². The van der Waals surface area contributed by atoms with Gasteiger partial charge in [-0.1, -0.05) is 92.4 Å². The van der Waals surface area contributed by atoms with Crippen molar-refractivity contribution in [3.8, 4) is 11.1 Å². The molecule has 0 radical (unpaired) electrons. The number of aliphatic hydroxyl groups excluding tert-OH is 1. The average Bonchev–Trinajstić information content (AvgIpc) is 3.48. The van der Waals surface area contributed by atoms with Crippen LogP contribution >= 0.6 is 11.3 Å². The third-order valence-corrected chi connectivity index (χ3v) is 8.57. The summed E-state index contributed by atoms with van der Waals surface area (Å²) in [6.45, 7) is 7.31. The van der Waals surface area contributed by atoms with Gasteiger partial charge in [-0.05, 0) is 59.5 Å². The number of allylic oxidation sites excluding steroid dienone is 2. The second-order valence-electron chi connectivity index (χ2n) is 10.0. The number of benzene rings is 5. The summed E-state index contributed by atoms with van der Waals surface area (Å²) >= 11 is 1.88. The van der Waals surface area contributed by atoms with Crippen molar-refractivity contribution in [2.75, 3.05) is 0 Å². The molecule has 0 bridgehead atoms.